The molecule has 0 heterocycles. The van der Waals surface area contributed by atoms with Gasteiger partial charge in [-0.15, -0.1) is 0 Å². The van der Waals surface area contributed by atoms with Crippen molar-refractivity contribution in [2.45, 2.75) is 84.2 Å². The first-order valence-electron chi connectivity index (χ1n) is 10.3. The first-order chi connectivity index (χ1) is 13.1. The van der Waals surface area contributed by atoms with Gasteiger partial charge in [0.25, 0.3) is 0 Å². The third-order valence-electron chi connectivity index (χ3n) is 5.12. The number of amides is 2. The number of aliphatic carboxylic acids is 1. The van der Waals surface area contributed by atoms with Crippen molar-refractivity contribution in [2.75, 3.05) is 6.54 Å². The summed E-state index contributed by atoms with van der Waals surface area (Å²) in [6.45, 7) is 7.50. The smallest absolute Gasteiger partial charge is 0.408 e. The van der Waals surface area contributed by atoms with Gasteiger partial charge < -0.3 is 20.5 Å². The number of carboxylic acids is 1. The zero-order valence-corrected chi connectivity index (χ0v) is 17.6. The highest BCUT2D eigenvalue weighted by Crippen LogP contribution is 2.36. The van der Waals surface area contributed by atoms with Gasteiger partial charge in [0.1, 0.15) is 11.6 Å². The van der Waals surface area contributed by atoms with E-state index < -0.39 is 29.6 Å². The summed E-state index contributed by atoms with van der Waals surface area (Å²) in [7, 11) is 5.60. The van der Waals surface area contributed by atoms with Crippen molar-refractivity contribution in [3.8, 4) is 0 Å². The molecule has 1 saturated carbocycles. The summed E-state index contributed by atoms with van der Waals surface area (Å²) in [6.07, 6.45) is 4.24. The van der Waals surface area contributed by atoms with E-state index in [0.29, 0.717) is 31.6 Å². The van der Waals surface area contributed by atoms with Gasteiger partial charge in [0.05, 0.1) is 13.8 Å². The molecule has 2 radical (unpaired) electrons. The predicted octanol–water partition coefficient (Wildman–Crippen LogP) is 2.89. The van der Waals surface area contributed by atoms with Gasteiger partial charge in [-0.2, -0.15) is 0 Å². The fourth-order valence-corrected chi connectivity index (χ4v) is 3.73. The van der Waals surface area contributed by atoms with Gasteiger partial charge in [0, 0.05) is 6.54 Å². The highest BCUT2D eigenvalue weighted by molar-refractivity contribution is 6.08. The van der Waals surface area contributed by atoms with Gasteiger partial charge in [-0.25, -0.2) is 4.79 Å². The largest absolute Gasteiger partial charge is 0.481 e. The Morgan fingerprint density at radius 2 is 1.93 bits per heavy atom. The average molecular weight is 394 g/mol. The van der Waals surface area contributed by atoms with Crippen LogP contribution in [0.4, 0.5) is 4.79 Å². The van der Waals surface area contributed by atoms with E-state index in [1.807, 2.05) is 6.92 Å². The molecule has 1 fully saturated rings. The SMILES string of the molecule is [B]CC[C@@H]1CC[C@@H](CNC(=O)[C@H](CCC)NC(=O)OC(C)(C)C)[C@@H](C(=O)O)C1. The van der Waals surface area contributed by atoms with Gasteiger partial charge in [-0.1, -0.05) is 32.5 Å². The molecule has 158 valence electrons. The van der Waals surface area contributed by atoms with Crippen molar-refractivity contribution >= 4 is 25.8 Å². The molecule has 7 nitrogen and oxygen atoms in total. The van der Waals surface area contributed by atoms with Crippen LogP contribution >= 0.6 is 0 Å². The second-order valence-electron chi connectivity index (χ2n) is 8.69. The summed E-state index contributed by atoms with van der Waals surface area (Å²) in [5.74, 6) is -1.38. The van der Waals surface area contributed by atoms with Crippen LogP contribution in [0.15, 0.2) is 0 Å². The lowest BCUT2D eigenvalue weighted by molar-refractivity contribution is -0.146. The Labute approximate surface area is 169 Å². The number of carbonyl (C=O) groups is 3. The summed E-state index contributed by atoms with van der Waals surface area (Å²) in [5, 5.41) is 15.0. The summed E-state index contributed by atoms with van der Waals surface area (Å²) in [5.41, 5.74) is -0.645. The predicted molar refractivity (Wildman–Crippen MR) is 108 cm³/mol. The number of carboxylic acid groups (broad SMARTS) is 1. The molecule has 0 aromatic heterocycles. The highest BCUT2D eigenvalue weighted by atomic mass is 16.6. The molecule has 0 aliphatic heterocycles. The van der Waals surface area contributed by atoms with Crippen LogP contribution in [0.25, 0.3) is 0 Å². The molecule has 1 aliphatic carbocycles. The van der Waals surface area contributed by atoms with Gasteiger partial charge in [0.2, 0.25) is 5.91 Å². The highest BCUT2D eigenvalue weighted by Gasteiger charge is 2.35. The standard InChI is InChI=1S/C20H35BN2O5/c1-5-6-16(23-19(27)28-20(2,3)4)17(24)22-12-14-8-7-13(9-10-21)11-15(14)18(25)26/h13-16H,5-12H2,1-4H3,(H,22,24)(H,23,27)(H,25,26)/t13-,14-,15-,16-/m0/s1. The normalized spacial score (nSPS) is 23.5. The van der Waals surface area contributed by atoms with E-state index in [0.717, 1.165) is 25.7 Å². The van der Waals surface area contributed by atoms with Crippen LogP contribution in [-0.2, 0) is 14.3 Å². The monoisotopic (exact) mass is 394 g/mol. The number of ether oxygens (including phenoxy) is 1. The molecule has 0 aromatic carbocycles. The van der Waals surface area contributed by atoms with E-state index in [1.165, 1.54) is 0 Å². The van der Waals surface area contributed by atoms with E-state index in [9.17, 15) is 19.5 Å². The Balaban J connectivity index is 2.62. The van der Waals surface area contributed by atoms with Gasteiger partial charge in [0.15, 0.2) is 0 Å². The molecule has 28 heavy (non-hydrogen) atoms. The first-order valence-corrected chi connectivity index (χ1v) is 10.3. The van der Waals surface area contributed by atoms with Crippen molar-refractivity contribution in [2.24, 2.45) is 17.8 Å². The van der Waals surface area contributed by atoms with Crippen molar-refractivity contribution < 1.29 is 24.2 Å². The molecule has 0 spiro atoms. The second kappa shape index (κ2) is 11.3. The van der Waals surface area contributed by atoms with Crippen LogP contribution < -0.4 is 10.6 Å². The van der Waals surface area contributed by atoms with Crippen LogP contribution in [0.3, 0.4) is 0 Å². The number of hydrogen-bond acceptors (Lipinski definition) is 4. The Morgan fingerprint density at radius 3 is 2.46 bits per heavy atom. The van der Waals surface area contributed by atoms with Crippen molar-refractivity contribution in [1.29, 1.82) is 0 Å². The van der Waals surface area contributed by atoms with Crippen LogP contribution in [0.2, 0.25) is 6.32 Å². The quantitative estimate of drug-likeness (QED) is 0.522. The molecule has 8 heteroatoms. The molecule has 1 rings (SSSR count). The lowest BCUT2D eigenvalue weighted by atomic mass is 9.71. The molecule has 0 saturated heterocycles. The molecule has 1 aliphatic rings. The van der Waals surface area contributed by atoms with Crippen LogP contribution in [-0.4, -0.2) is 49.1 Å². The molecule has 0 unspecified atom stereocenters. The van der Waals surface area contributed by atoms with Gasteiger partial charge in [-0.05, 0) is 51.9 Å². The van der Waals surface area contributed by atoms with E-state index in [2.05, 4.69) is 10.6 Å². The first kappa shape index (κ1) is 24.3. The summed E-state index contributed by atoms with van der Waals surface area (Å²) in [6, 6.07) is -0.697. The Bertz CT molecular complexity index is 535. The molecular formula is C20H35BN2O5. The van der Waals surface area contributed by atoms with E-state index in [4.69, 9.17) is 12.6 Å². The Hall–Kier alpha value is -1.73. The lowest BCUT2D eigenvalue weighted by Gasteiger charge is -2.34. The summed E-state index contributed by atoms with van der Waals surface area (Å²) in [4.78, 5) is 36.2. The number of alkyl carbamates (subject to hydrolysis) is 1. The molecular weight excluding hydrogens is 359 g/mol. The Kier molecular flexibility index (Phi) is 9.83. The topological polar surface area (TPSA) is 105 Å². The van der Waals surface area contributed by atoms with Crippen LogP contribution in [0.5, 0.6) is 0 Å². The third kappa shape index (κ3) is 8.53. The van der Waals surface area contributed by atoms with Crippen LogP contribution in [0, 0.1) is 17.8 Å². The average Bonchev–Trinajstić information content (AvgIpc) is 2.58. The maximum absolute atomic E-state index is 12.6. The molecule has 2 amide bonds. The maximum Gasteiger partial charge on any atom is 0.408 e. The van der Waals surface area contributed by atoms with E-state index in [-0.39, 0.29) is 11.8 Å². The fraction of sp³-hybridized carbons (Fsp3) is 0.850. The second-order valence-corrected chi connectivity index (χ2v) is 8.69. The number of nitrogens with one attached hydrogen (secondary N) is 2. The minimum Gasteiger partial charge on any atom is -0.481 e. The summed E-state index contributed by atoms with van der Waals surface area (Å²) >= 11 is 0. The zero-order valence-electron chi connectivity index (χ0n) is 17.6. The number of carbonyl (C=O) groups excluding carboxylic acids is 2. The fourth-order valence-electron chi connectivity index (χ4n) is 3.73. The van der Waals surface area contributed by atoms with Crippen molar-refractivity contribution in [1.82, 2.24) is 10.6 Å². The molecule has 0 aromatic rings. The zero-order chi connectivity index (χ0) is 21.3. The minimum atomic E-state index is -0.821. The Morgan fingerprint density at radius 1 is 1.25 bits per heavy atom. The lowest BCUT2D eigenvalue weighted by Crippen LogP contribution is -2.50. The van der Waals surface area contributed by atoms with E-state index >= 15 is 0 Å². The molecule has 4 atom stereocenters. The molecule has 3 N–H and O–H groups in total. The summed E-state index contributed by atoms with van der Waals surface area (Å²) < 4.78 is 5.22. The van der Waals surface area contributed by atoms with Crippen LogP contribution in [0.1, 0.15) is 66.2 Å². The molecule has 0 bridgehead atoms. The minimum absolute atomic E-state index is 0.112. The number of hydrogen-bond donors (Lipinski definition) is 3. The maximum atomic E-state index is 12.6. The number of rotatable bonds is 9. The van der Waals surface area contributed by atoms with Gasteiger partial charge >= 0.3 is 12.1 Å². The van der Waals surface area contributed by atoms with Gasteiger partial charge in [-0.3, -0.25) is 9.59 Å². The van der Waals surface area contributed by atoms with Crippen molar-refractivity contribution in [3.63, 3.8) is 0 Å². The van der Waals surface area contributed by atoms with E-state index in [1.54, 1.807) is 20.8 Å². The third-order valence-corrected chi connectivity index (χ3v) is 5.12. The van der Waals surface area contributed by atoms with Crippen molar-refractivity contribution in [3.05, 3.63) is 0 Å².